The van der Waals surface area contributed by atoms with Gasteiger partial charge in [0, 0.05) is 21.9 Å². The molecule has 2 nitrogen and oxygen atoms in total. The van der Waals surface area contributed by atoms with Crippen molar-refractivity contribution in [2.75, 3.05) is 0 Å². The van der Waals surface area contributed by atoms with Crippen LogP contribution in [0, 0.1) is 11.3 Å². The van der Waals surface area contributed by atoms with Gasteiger partial charge in [-0.2, -0.15) is 5.26 Å². The molecule has 0 spiro atoms. The van der Waals surface area contributed by atoms with Crippen LogP contribution in [-0.2, 0) is 18.5 Å². The number of aryl methyl sites for hydroxylation is 1. The Bertz CT molecular complexity index is 565. The van der Waals surface area contributed by atoms with Crippen LogP contribution in [-0.4, -0.2) is 0 Å². The molecule has 1 atom stereocenters. The molecule has 4 heteroatoms. The van der Waals surface area contributed by atoms with Gasteiger partial charge in [0.05, 0.1) is 6.07 Å². The Morgan fingerprint density at radius 2 is 2.28 bits per heavy atom. The SMILES string of the molecule is N#CC1(NCc2cccs2)CCCc2sccc21. The van der Waals surface area contributed by atoms with E-state index in [1.54, 1.807) is 22.7 Å². The first kappa shape index (κ1) is 11.9. The second kappa shape index (κ2) is 4.85. The lowest BCUT2D eigenvalue weighted by molar-refractivity contribution is 0.368. The molecule has 1 unspecified atom stereocenters. The summed E-state index contributed by atoms with van der Waals surface area (Å²) >= 11 is 3.51. The van der Waals surface area contributed by atoms with E-state index in [0.717, 1.165) is 25.8 Å². The fourth-order valence-corrected chi connectivity index (χ4v) is 4.20. The summed E-state index contributed by atoms with van der Waals surface area (Å²) in [6.45, 7) is 0.778. The summed E-state index contributed by atoms with van der Waals surface area (Å²) in [7, 11) is 0. The lowest BCUT2D eigenvalue weighted by Gasteiger charge is -2.32. The molecule has 2 aromatic rings. The standard InChI is InChI=1S/C14H14N2S2/c15-10-14(16-9-11-3-2-7-17-11)6-1-4-13-12(14)5-8-18-13/h2-3,5,7-8,16H,1,4,6,9H2. The number of hydrogen-bond acceptors (Lipinski definition) is 4. The lowest BCUT2D eigenvalue weighted by Crippen LogP contribution is -2.42. The van der Waals surface area contributed by atoms with Crippen LogP contribution < -0.4 is 5.32 Å². The molecule has 18 heavy (non-hydrogen) atoms. The minimum Gasteiger partial charge on any atom is -0.291 e. The van der Waals surface area contributed by atoms with Crippen molar-refractivity contribution in [3.63, 3.8) is 0 Å². The molecule has 0 aliphatic heterocycles. The minimum absolute atomic E-state index is 0.475. The molecular weight excluding hydrogens is 260 g/mol. The molecule has 0 bridgehead atoms. The smallest absolute Gasteiger partial charge is 0.133 e. The Labute approximate surface area is 115 Å². The molecule has 2 aromatic heterocycles. The van der Waals surface area contributed by atoms with Crippen LogP contribution in [0.2, 0.25) is 0 Å². The highest BCUT2D eigenvalue weighted by Gasteiger charge is 2.37. The maximum Gasteiger partial charge on any atom is 0.133 e. The highest BCUT2D eigenvalue weighted by Crippen LogP contribution is 2.38. The van der Waals surface area contributed by atoms with Gasteiger partial charge in [-0.3, -0.25) is 5.32 Å². The van der Waals surface area contributed by atoms with Crippen LogP contribution in [0.3, 0.4) is 0 Å². The second-order valence-electron chi connectivity index (χ2n) is 4.56. The maximum atomic E-state index is 9.63. The molecule has 2 heterocycles. The van der Waals surface area contributed by atoms with E-state index < -0.39 is 5.54 Å². The van der Waals surface area contributed by atoms with E-state index >= 15 is 0 Å². The van der Waals surface area contributed by atoms with Gasteiger partial charge in [-0.1, -0.05) is 6.07 Å². The molecule has 3 rings (SSSR count). The Kier molecular flexibility index (Phi) is 3.21. The number of rotatable bonds is 3. The number of fused-ring (bicyclic) bond motifs is 1. The number of nitrogens with zero attached hydrogens (tertiary/aromatic N) is 1. The Hall–Kier alpha value is -1.15. The third-order valence-electron chi connectivity index (χ3n) is 3.50. The van der Waals surface area contributed by atoms with E-state index in [2.05, 4.69) is 40.3 Å². The highest BCUT2D eigenvalue weighted by molar-refractivity contribution is 7.10. The predicted octanol–water partition coefficient (Wildman–Crippen LogP) is 3.65. The van der Waals surface area contributed by atoms with Gasteiger partial charge < -0.3 is 0 Å². The number of nitrogens with one attached hydrogen (secondary N) is 1. The van der Waals surface area contributed by atoms with Crippen molar-refractivity contribution in [2.24, 2.45) is 0 Å². The summed E-state index contributed by atoms with van der Waals surface area (Å²) < 4.78 is 0. The van der Waals surface area contributed by atoms with E-state index in [0.29, 0.717) is 0 Å². The largest absolute Gasteiger partial charge is 0.291 e. The highest BCUT2D eigenvalue weighted by atomic mass is 32.1. The molecule has 0 aromatic carbocycles. The van der Waals surface area contributed by atoms with E-state index in [-0.39, 0.29) is 0 Å². The van der Waals surface area contributed by atoms with Gasteiger partial charge in [-0.15, -0.1) is 22.7 Å². The van der Waals surface area contributed by atoms with Gasteiger partial charge in [0.1, 0.15) is 5.54 Å². The average molecular weight is 274 g/mol. The zero-order chi connectivity index (χ0) is 12.4. The zero-order valence-corrected chi connectivity index (χ0v) is 11.6. The van der Waals surface area contributed by atoms with E-state index in [4.69, 9.17) is 0 Å². The third kappa shape index (κ3) is 1.99. The summed E-state index contributed by atoms with van der Waals surface area (Å²) in [6.07, 6.45) is 3.13. The lowest BCUT2D eigenvalue weighted by atomic mass is 9.81. The number of nitriles is 1. The van der Waals surface area contributed by atoms with Gasteiger partial charge in [0.25, 0.3) is 0 Å². The summed E-state index contributed by atoms with van der Waals surface area (Å²) in [5.41, 5.74) is 0.732. The van der Waals surface area contributed by atoms with Crippen LogP contribution >= 0.6 is 22.7 Å². The minimum atomic E-state index is -0.475. The van der Waals surface area contributed by atoms with E-state index in [1.165, 1.54) is 15.3 Å². The van der Waals surface area contributed by atoms with Gasteiger partial charge in [0.15, 0.2) is 0 Å². The molecule has 0 fully saturated rings. The molecular formula is C14H14N2S2. The normalized spacial score (nSPS) is 22.4. The summed E-state index contributed by atoms with van der Waals surface area (Å²) in [4.78, 5) is 2.66. The monoisotopic (exact) mass is 274 g/mol. The maximum absolute atomic E-state index is 9.63. The van der Waals surface area contributed by atoms with Gasteiger partial charge >= 0.3 is 0 Å². The first-order valence-electron chi connectivity index (χ1n) is 6.09. The molecule has 1 aliphatic rings. The van der Waals surface area contributed by atoms with Crippen molar-refractivity contribution in [2.45, 2.75) is 31.3 Å². The van der Waals surface area contributed by atoms with E-state index in [9.17, 15) is 5.26 Å². The van der Waals surface area contributed by atoms with Gasteiger partial charge in [0.2, 0.25) is 0 Å². The fourth-order valence-electron chi connectivity index (χ4n) is 2.55. The summed E-state index contributed by atoms with van der Waals surface area (Å²) in [5, 5.41) is 17.3. The molecule has 0 radical (unpaired) electrons. The molecule has 1 N–H and O–H groups in total. The Balaban J connectivity index is 1.86. The van der Waals surface area contributed by atoms with Crippen molar-refractivity contribution in [3.05, 3.63) is 44.3 Å². The molecule has 0 amide bonds. The van der Waals surface area contributed by atoms with Crippen LogP contribution in [0.25, 0.3) is 0 Å². The van der Waals surface area contributed by atoms with Crippen molar-refractivity contribution in [3.8, 4) is 6.07 Å². The number of thiophene rings is 2. The molecule has 92 valence electrons. The molecule has 0 saturated carbocycles. The first-order valence-corrected chi connectivity index (χ1v) is 7.85. The Morgan fingerprint density at radius 1 is 1.33 bits per heavy atom. The van der Waals surface area contributed by atoms with Crippen molar-refractivity contribution in [1.82, 2.24) is 5.32 Å². The number of hydrogen-bond donors (Lipinski definition) is 1. The fraction of sp³-hybridized carbons (Fsp3) is 0.357. The van der Waals surface area contributed by atoms with Crippen molar-refractivity contribution < 1.29 is 0 Å². The predicted molar refractivity (Wildman–Crippen MR) is 75.7 cm³/mol. The quantitative estimate of drug-likeness (QED) is 0.927. The summed E-state index contributed by atoms with van der Waals surface area (Å²) in [6, 6.07) is 8.80. The Morgan fingerprint density at radius 3 is 3.06 bits per heavy atom. The first-order chi connectivity index (χ1) is 8.84. The average Bonchev–Trinajstić information content (AvgIpc) is 3.07. The zero-order valence-electron chi connectivity index (χ0n) is 9.98. The van der Waals surface area contributed by atoms with E-state index in [1.807, 2.05) is 0 Å². The van der Waals surface area contributed by atoms with Crippen molar-refractivity contribution in [1.29, 1.82) is 5.26 Å². The van der Waals surface area contributed by atoms with Crippen LogP contribution in [0.4, 0.5) is 0 Å². The second-order valence-corrected chi connectivity index (χ2v) is 6.59. The third-order valence-corrected chi connectivity index (χ3v) is 5.35. The van der Waals surface area contributed by atoms with Crippen LogP contribution in [0.1, 0.15) is 28.2 Å². The van der Waals surface area contributed by atoms with Gasteiger partial charge in [-0.25, -0.2) is 0 Å². The van der Waals surface area contributed by atoms with Crippen LogP contribution in [0.15, 0.2) is 29.0 Å². The van der Waals surface area contributed by atoms with Gasteiger partial charge in [-0.05, 0) is 42.2 Å². The molecule has 0 saturated heterocycles. The molecule has 1 aliphatic carbocycles. The van der Waals surface area contributed by atoms with Crippen LogP contribution in [0.5, 0.6) is 0 Å². The summed E-state index contributed by atoms with van der Waals surface area (Å²) in [5.74, 6) is 0. The van der Waals surface area contributed by atoms with Crippen molar-refractivity contribution >= 4 is 22.7 Å². The topological polar surface area (TPSA) is 35.8 Å².